The number of likely N-dealkylation sites (tertiary alicyclic amines) is 1. The van der Waals surface area contributed by atoms with Crippen molar-refractivity contribution in [1.29, 1.82) is 0 Å². The number of carbonyl (C=O) groups is 1. The molecule has 1 aromatic carbocycles. The van der Waals surface area contributed by atoms with Crippen LogP contribution in [0.5, 0.6) is 0 Å². The fourth-order valence-electron chi connectivity index (χ4n) is 4.49. The molecule has 4 aromatic rings. The molecule has 0 bridgehead atoms. The predicted molar refractivity (Wildman–Crippen MR) is 130 cm³/mol. The van der Waals surface area contributed by atoms with E-state index in [9.17, 15) is 9.59 Å². The maximum absolute atomic E-state index is 12.6. The number of imidazole rings is 1. The second-order valence-corrected chi connectivity index (χ2v) is 9.85. The molecule has 5 rings (SSSR count). The summed E-state index contributed by atoms with van der Waals surface area (Å²) in [7, 11) is 0. The minimum Gasteiger partial charge on any atom is -0.346 e. The van der Waals surface area contributed by atoms with Crippen LogP contribution in [0.4, 0.5) is 0 Å². The van der Waals surface area contributed by atoms with E-state index in [-0.39, 0.29) is 23.6 Å². The van der Waals surface area contributed by atoms with Gasteiger partial charge in [0.1, 0.15) is 5.56 Å². The van der Waals surface area contributed by atoms with Crippen molar-refractivity contribution in [2.24, 2.45) is 0 Å². The van der Waals surface area contributed by atoms with E-state index in [0.29, 0.717) is 12.5 Å². The van der Waals surface area contributed by atoms with E-state index in [1.54, 1.807) is 17.4 Å². The van der Waals surface area contributed by atoms with Gasteiger partial charge in [0.2, 0.25) is 0 Å². The number of rotatable bonds is 6. The molecule has 2 N–H and O–H groups in total. The topological polar surface area (TPSA) is 82.5 Å². The number of aromatic amines is 1. The number of pyridine rings is 1. The van der Waals surface area contributed by atoms with E-state index in [1.165, 1.54) is 10.4 Å². The number of hydrogen-bond acceptors (Lipinski definition) is 5. The van der Waals surface area contributed by atoms with Gasteiger partial charge < -0.3 is 10.3 Å². The highest BCUT2D eigenvalue weighted by atomic mass is 32.1. The Morgan fingerprint density at radius 2 is 1.94 bits per heavy atom. The standard InChI is InChI=1S/C25H27N5O2S/c1-17-14-30-16-21(28-25(30)33-17)13-26-23(31)22-8-7-20(27-24(22)32)15-29-11-9-19(10-12-29)18-5-3-2-4-6-18/h2-8,14,16,19H,9-13,15H2,1H3,(H,26,31)(H,27,32). The lowest BCUT2D eigenvalue weighted by molar-refractivity contribution is 0.0949. The van der Waals surface area contributed by atoms with E-state index < -0.39 is 0 Å². The number of thiazole rings is 1. The smallest absolute Gasteiger partial charge is 0.261 e. The first-order chi connectivity index (χ1) is 16.0. The molecule has 0 spiro atoms. The Balaban J connectivity index is 1.15. The second-order valence-electron chi connectivity index (χ2n) is 8.63. The number of nitrogens with one attached hydrogen (secondary N) is 2. The molecule has 1 fully saturated rings. The van der Waals surface area contributed by atoms with Crippen LogP contribution < -0.4 is 10.9 Å². The summed E-state index contributed by atoms with van der Waals surface area (Å²) in [5, 5.41) is 2.80. The average Bonchev–Trinajstić information content (AvgIpc) is 3.35. The summed E-state index contributed by atoms with van der Waals surface area (Å²) in [6, 6.07) is 14.1. The number of aryl methyl sites for hydroxylation is 1. The summed E-state index contributed by atoms with van der Waals surface area (Å²) in [6.45, 7) is 4.98. The molecule has 3 aromatic heterocycles. The molecular weight excluding hydrogens is 434 g/mol. The van der Waals surface area contributed by atoms with Gasteiger partial charge >= 0.3 is 0 Å². The van der Waals surface area contributed by atoms with Crippen molar-refractivity contribution in [3.63, 3.8) is 0 Å². The summed E-state index contributed by atoms with van der Waals surface area (Å²) >= 11 is 1.60. The lowest BCUT2D eigenvalue weighted by Crippen LogP contribution is -2.34. The summed E-state index contributed by atoms with van der Waals surface area (Å²) < 4.78 is 1.95. The van der Waals surface area contributed by atoms with Crippen molar-refractivity contribution < 1.29 is 4.79 Å². The van der Waals surface area contributed by atoms with Gasteiger partial charge in [-0.25, -0.2) is 4.98 Å². The van der Waals surface area contributed by atoms with Gasteiger partial charge in [0, 0.05) is 29.5 Å². The highest BCUT2D eigenvalue weighted by molar-refractivity contribution is 7.16. The molecule has 1 amide bonds. The molecular formula is C25H27N5O2S. The minimum atomic E-state index is -0.390. The molecule has 170 valence electrons. The third kappa shape index (κ3) is 4.91. The fourth-order valence-corrected chi connectivity index (χ4v) is 5.31. The number of aromatic nitrogens is 3. The summed E-state index contributed by atoms with van der Waals surface area (Å²) in [5.41, 5.74) is 2.77. The number of fused-ring (bicyclic) bond motifs is 1. The van der Waals surface area contributed by atoms with Crippen molar-refractivity contribution in [3.8, 4) is 0 Å². The molecule has 0 aliphatic carbocycles. The Hall–Kier alpha value is -3.23. The van der Waals surface area contributed by atoms with Crippen LogP contribution >= 0.6 is 11.3 Å². The van der Waals surface area contributed by atoms with Crippen molar-refractivity contribution in [2.75, 3.05) is 13.1 Å². The van der Waals surface area contributed by atoms with Gasteiger partial charge in [-0.2, -0.15) is 0 Å². The number of amides is 1. The molecule has 4 heterocycles. The van der Waals surface area contributed by atoms with Crippen LogP contribution in [0.2, 0.25) is 0 Å². The third-order valence-electron chi connectivity index (χ3n) is 6.22. The van der Waals surface area contributed by atoms with Crippen LogP contribution in [0.1, 0.15) is 50.9 Å². The Labute approximate surface area is 196 Å². The normalized spacial score (nSPS) is 15.2. The van der Waals surface area contributed by atoms with Crippen LogP contribution in [0.3, 0.4) is 0 Å². The molecule has 0 atom stereocenters. The van der Waals surface area contributed by atoms with Gasteiger partial charge in [-0.05, 0) is 56.5 Å². The third-order valence-corrected chi connectivity index (χ3v) is 7.13. The monoisotopic (exact) mass is 461 g/mol. The summed E-state index contributed by atoms with van der Waals surface area (Å²) in [5.74, 6) is 0.210. The predicted octanol–water partition coefficient (Wildman–Crippen LogP) is 3.70. The Bertz CT molecular complexity index is 1280. The first-order valence-electron chi connectivity index (χ1n) is 11.3. The van der Waals surface area contributed by atoms with E-state index in [4.69, 9.17) is 0 Å². The average molecular weight is 462 g/mol. The largest absolute Gasteiger partial charge is 0.346 e. The first kappa shape index (κ1) is 21.6. The number of carbonyl (C=O) groups excluding carboxylic acids is 1. The van der Waals surface area contributed by atoms with Gasteiger partial charge in [0.25, 0.3) is 11.5 Å². The highest BCUT2D eigenvalue weighted by Crippen LogP contribution is 2.28. The maximum atomic E-state index is 12.6. The Kier molecular flexibility index (Phi) is 6.11. The number of nitrogens with zero attached hydrogens (tertiary/aromatic N) is 3. The van der Waals surface area contributed by atoms with Crippen molar-refractivity contribution in [3.05, 3.63) is 92.6 Å². The zero-order valence-corrected chi connectivity index (χ0v) is 19.4. The van der Waals surface area contributed by atoms with Gasteiger partial charge in [-0.3, -0.25) is 18.9 Å². The molecule has 0 radical (unpaired) electrons. The van der Waals surface area contributed by atoms with Gasteiger partial charge in [0.15, 0.2) is 4.96 Å². The van der Waals surface area contributed by atoms with Crippen LogP contribution in [0, 0.1) is 6.92 Å². The quantitative estimate of drug-likeness (QED) is 0.459. The molecule has 0 unspecified atom stereocenters. The van der Waals surface area contributed by atoms with Crippen LogP contribution in [0.25, 0.3) is 4.96 Å². The fraction of sp³-hybridized carbons (Fsp3) is 0.320. The van der Waals surface area contributed by atoms with Gasteiger partial charge in [-0.15, -0.1) is 11.3 Å². The molecule has 8 heteroatoms. The maximum Gasteiger partial charge on any atom is 0.261 e. The van der Waals surface area contributed by atoms with Gasteiger partial charge in [0.05, 0.1) is 12.2 Å². The number of piperidine rings is 1. The minimum absolute atomic E-state index is 0.124. The second kappa shape index (κ2) is 9.33. The van der Waals surface area contributed by atoms with E-state index in [1.807, 2.05) is 29.8 Å². The Morgan fingerprint density at radius 3 is 2.67 bits per heavy atom. The van der Waals surface area contributed by atoms with Gasteiger partial charge in [-0.1, -0.05) is 30.3 Å². The summed E-state index contributed by atoms with van der Waals surface area (Å²) in [6.07, 6.45) is 6.12. The highest BCUT2D eigenvalue weighted by Gasteiger charge is 2.21. The molecule has 0 saturated carbocycles. The van der Waals surface area contributed by atoms with Crippen LogP contribution in [0.15, 0.2) is 59.7 Å². The number of H-pyrrole nitrogens is 1. The molecule has 33 heavy (non-hydrogen) atoms. The van der Waals surface area contributed by atoms with Crippen LogP contribution in [-0.2, 0) is 13.1 Å². The van der Waals surface area contributed by atoms with E-state index in [2.05, 4.69) is 50.5 Å². The molecule has 7 nitrogen and oxygen atoms in total. The number of hydrogen-bond donors (Lipinski definition) is 2. The van der Waals surface area contributed by atoms with Crippen molar-refractivity contribution >= 4 is 22.2 Å². The van der Waals surface area contributed by atoms with Crippen molar-refractivity contribution in [2.45, 2.75) is 38.8 Å². The summed E-state index contributed by atoms with van der Waals surface area (Å²) in [4.78, 5) is 36.9. The molecule has 1 saturated heterocycles. The SMILES string of the molecule is Cc1cn2cc(CNC(=O)c3ccc(CN4CCC(c5ccccc5)CC4)[nH]c3=O)nc2s1. The zero-order valence-electron chi connectivity index (χ0n) is 18.6. The van der Waals surface area contributed by atoms with Crippen molar-refractivity contribution in [1.82, 2.24) is 24.6 Å². The first-order valence-corrected chi connectivity index (χ1v) is 12.1. The zero-order chi connectivity index (χ0) is 22.8. The Morgan fingerprint density at radius 1 is 1.15 bits per heavy atom. The molecule has 1 aliphatic heterocycles. The van der Waals surface area contributed by atoms with Crippen LogP contribution in [-0.4, -0.2) is 38.3 Å². The van der Waals surface area contributed by atoms with E-state index in [0.717, 1.165) is 42.3 Å². The molecule has 1 aliphatic rings. The lowest BCUT2D eigenvalue weighted by atomic mass is 9.89. The number of benzene rings is 1. The van der Waals surface area contributed by atoms with E-state index >= 15 is 0 Å². The lowest BCUT2D eigenvalue weighted by Gasteiger charge is -2.32.